The number of allylic oxidation sites excluding steroid dienone is 2. The van der Waals surface area contributed by atoms with Gasteiger partial charge in [-0.1, -0.05) is 50.1 Å². The van der Waals surface area contributed by atoms with Crippen molar-refractivity contribution in [2.24, 2.45) is 5.41 Å². The number of amides is 1. The van der Waals surface area contributed by atoms with Crippen LogP contribution in [0.4, 0.5) is 0 Å². The molecule has 1 aromatic carbocycles. The minimum Gasteiger partial charge on any atom is -0.472 e. The van der Waals surface area contributed by atoms with Crippen molar-refractivity contribution >= 4 is 11.5 Å². The second-order valence-electron chi connectivity index (χ2n) is 6.95. The molecule has 0 radical (unpaired) electrons. The Morgan fingerprint density at radius 1 is 1.12 bits per heavy atom. The van der Waals surface area contributed by atoms with Gasteiger partial charge in [-0.3, -0.25) is 4.79 Å². The third-order valence-corrected chi connectivity index (χ3v) is 3.64. The zero-order valence-corrected chi connectivity index (χ0v) is 14.7. The molecule has 0 atom stereocenters. The second kappa shape index (κ2) is 6.76. The van der Waals surface area contributed by atoms with Gasteiger partial charge < -0.3 is 9.73 Å². The largest absolute Gasteiger partial charge is 0.472 e. The van der Waals surface area contributed by atoms with Crippen LogP contribution in [0.1, 0.15) is 47.8 Å². The first-order valence-electron chi connectivity index (χ1n) is 7.79. The Labute approximate surface area is 142 Å². The maximum absolute atomic E-state index is 12.4. The van der Waals surface area contributed by atoms with Gasteiger partial charge in [0.1, 0.15) is 12.3 Å². The second-order valence-corrected chi connectivity index (χ2v) is 6.95. The Bertz CT molecular complexity index is 796. The molecule has 1 N–H and O–H groups in total. The molecule has 0 saturated carbocycles. The van der Waals surface area contributed by atoms with Gasteiger partial charge in [-0.25, -0.2) is 0 Å². The highest BCUT2D eigenvalue weighted by Crippen LogP contribution is 2.31. The molecule has 24 heavy (non-hydrogen) atoms. The van der Waals surface area contributed by atoms with E-state index in [1.165, 1.54) is 12.5 Å². The quantitative estimate of drug-likeness (QED) is 0.839. The van der Waals surface area contributed by atoms with Gasteiger partial charge in [0.15, 0.2) is 0 Å². The van der Waals surface area contributed by atoms with Gasteiger partial charge in [0.2, 0.25) is 0 Å². The van der Waals surface area contributed by atoms with Crippen molar-refractivity contribution in [3.63, 3.8) is 0 Å². The van der Waals surface area contributed by atoms with E-state index in [1.54, 1.807) is 6.07 Å². The van der Waals surface area contributed by atoms with E-state index in [-0.39, 0.29) is 5.91 Å². The van der Waals surface area contributed by atoms with Crippen LogP contribution in [0.2, 0.25) is 0 Å². The van der Waals surface area contributed by atoms with Crippen molar-refractivity contribution in [2.75, 3.05) is 0 Å². The molecule has 0 aliphatic heterocycles. The molecule has 0 unspecified atom stereocenters. The number of hydrogen-bond acceptors (Lipinski definition) is 3. The summed E-state index contributed by atoms with van der Waals surface area (Å²) >= 11 is 0. The molecule has 1 aromatic heterocycles. The molecule has 0 bridgehead atoms. The van der Waals surface area contributed by atoms with Gasteiger partial charge in [0, 0.05) is 11.1 Å². The third-order valence-electron chi connectivity index (χ3n) is 3.64. The summed E-state index contributed by atoms with van der Waals surface area (Å²) in [6.45, 7) is 9.90. The van der Waals surface area contributed by atoms with E-state index in [0.29, 0.717) is 16.8 Å². The smallest absolute Gasteiger partial charge is 0.258 e. The van der Waals surface area contributed by atoms with Crippen molar-refractivity contribution in [1.29, 1.82) is 5.26 Å². The van der Waals surface area contributed by atoms with Gasteiger partial charge in [0.25, 0.3) is 5.91 Å². The average molecular weight is 322 g/mol. The number of nitrogens with one attached hydrogen (secondary N) is 1. The van der Waals surface area contributed by atoms with E-state index < -0.39 is 5.41 Å². The number of carbonyl (C=O) groups excluding carboxylic acids is 1. The lowest BCUT2D eigenvalue weighted by molar-refractivity contribution is 0.0957. The SMILES string of the molecule is Cc1cc(C)cc(/C(C#N)=C(\NC(=O)c2ccoc2)C(C)(C)C)c1. The molecule has 1 amide bonds. The molecule has 124 valence electrons. The molecule has 0 saturated heterocycles. The molecule has 0 spiro atoms. The van der Waals surface area contributed by atoms with Crippen molar-refractivity contribution in [3.8, 4) is 6.07 Å². The predicted octanol–water partition coefficient (Wildman–Crippen LogP) is 4.61. The highest BCUT2D eigenvalue weighted by Gasteiger charge is 2.25. The monoisotopic (exact) mass is 322 g/mol. The minimum atomic E-state index is -0.401. The van der Waals surface area contributed by atoms with Crippen molar-refractivity contribution in [2.45, 2.75) is 34.6 Å². The fourth-order valence-electron chi connectivity index (χ4n) is 2.59. The molecule has 1 heterocycles. The molecule has 0 aliphatic rings. The topological polar surface area (TPSA) is 66.0 Å². The number of aryl methyl sites for hydroxylation is 2. The maximum atomic E-state index is 12.4. The molecule has 2 rings (SSSR count). The summed E-state index contributed by atoms with van der Waals surface area (Å²) in [5.41, 5.74) is 4.07. The first kappa shape index (κ1) is 17.6. The number of furan rings is 1. The van der Waals surface area contributed by atoms with Gasteiger partial charge >= 0.3 is 0 Å². The van der Waals surface area contributed by atoms with Gasteiger partial charge in [-0.15, -0.1) is 0 Å². The summed E-state index contributed by atoms with van der Waals surface area (Å²) in [6, 6.07) is 9.84. The van der Waals surface area contributed by atoms with Crippen LogP contribution in [0.15, 0.2) is 46.9 Å². The summed E-state index contributed by atoms with van der Waals surface area (Å²) in [4.78, 5) is 12.4. The maximum Gasteiger partial charge on any atom is 0.258 e. The number of rotatable bonds is 3. The van der Waals surface area contributed by atoms with Crippen LogP contribution >= 0.6 is 0 Å². The summed E-state index contributed by atoms with van der Waals surface area (Å²) in [5, 5.41) is 12.7. The van der Waals surface area contributed by atoms with E-state index in [2.05, 4.69) is 17.5 Å². The van der Waals surface area contributed by atoms with Crippen LogP contribution in [0, 0.1) is 30.6 Å². The lowest BCUT2D eigenvalue weighted by atomic mass is 9.86. The van der Waals surface area contributed by atoms with Crippen molar-refractivity contribution in [1.82, 2.24) is 5.32 Å². The van der Waals surface area contributed by atoms with Crippen LogP contribution in [0.3, 0.4) is 0 Å². The third kappa shape index (κ3) is 3.94. The highest BCUT2D eigenvalue weighted by atomic mass is 16.3. The molecule has 4 heteroatoms. The first-order valence-corrected chi connectivity index (χ1v) is 7.79. The average Bonchev–Trinajstić information content (AvgIpc) is 2.99. The summed E-state index contributed by atoms with van der Waals surface area (Å²) in [6.07, 6.45) is 2.84. The van der Waals surface area contributed by atoms with E-state index in [1.807, 2.05) is 46.8 Å². The number of carbonyl (C=O) groups is 1. The normalized spacial score (nSPS) is 12.3. The minimum absolute atomic E-state index is 0.286. The first-order chi connectivity index (χ1) is 11.2. The lowest BCUT2D eigenvalue weighted by Gasteiger charge is -2.25. The predicted molar refractivity (Wildman–Crippen MR) is 94.1 cm³/mol. The van der Waals surface area contributed by atoms with Crippen LogP contribution < -0.4 is 5.32 Å². The van der Waals surface area contributed by atoms with Crippen LogP contribution in [0.5, 0.6) is 0 Å². The molecular formula is C20H22N2O2. The molecule has 0 aliphatic carbocycles. The molecule has 0 fully saturated rings. The van der Waals surface area contributed by atoms with Crippen LogP contribution in [0.25, 0.3) is 5.57 Å². The van der Waals surface area contributed by atoms with Crippen molar-refractivity contribution in [3.05, 3.63) is 64.7 Å². The summed E-state index contributed by atoms with van der Waals surface area (Å²) in [5.74, 6) is -0.286. The fourth-order valence-corrected chi connectivity index (χ4v) is 2.59. The Morgan fingerprint density at radius 2 is 1.75 bits per heavy atom. The van der Waals surface area contributed by atoms with Crippen LogP contribution in [-0.2, 0) is 0 Å². The van der Waals surface area contributed by atoms with E-state index in [4.69, 9.17) is 4.42 Å². The van der Waals surface area contributed by atoms with E-state index >= 15 is 0 Å². The van der Waals surface area contributed by atoms with Gasteiger partial charge in [0.05, 0.1) is 17.4 Å². The molecule has 4 nitrogen and oxygen atoms in total. The Hall–Kier alpha value is -2.80. The van der Waals surface area contributed by atoms with Crippen molar-refractivity contribution < 1.29 is 9.21 Å². The van der Waals surface area contributed by atoms with Gasteiger partial charge in [-0.2, -0.15) is 5.26 Å². The zero-order valence-electron chi connectivity index (χ0n) is 14.7. The molecule has 2 aromatic rings. The number of nitrogens with zero attached hydrogens (tertiary/aromatic N) is 1. The fraction of sp³-hybridized carbons (Fsp3) is 0.300. The Kier molecular flexibility index (Phi) is 4.94. The highest BCUT2D eigenvalue weighted by molar-refractivity contribution is 5.97. The Morgan fingerprint density at radius 3 is 2.21 bits per heavy atom. The zero-order chi connectivity index (χ0) is 17.9. The Balaban J connectivity index is 2.56. The summed E-state index contributed by atoms with van der Waals surface area (Å²) < 4.78 is 4.96. The number of hydrogen-bond donors (Lipinski definition) is 1. The summed E-state index contributed by atoms with van der Waals surface area (Å²) in [7, 11) is 0. The lowest BCUT2D eigenvalue weighted by Crippen LogP contribution is -2.31. The standard InChI is InChI=1S/C20H22N2O2/c1-13-8-14(2)10-16(9-13)17(11-21)18(20(3,4)5)22-19(23)15-6-7-24-12-15/h6-10,12H,1-5H3,(H,22,23)/b18-17-. The van der Waals surface area contributed by atoms with E-state index in [9.17, 15) is 10.1 Å². The van der Waals surface area contributed by atoms with Gasteiger partial charge in [-0.05, 0) is 25.5 Å². The molecular weight excluding hydrogens is 300 g/mol. The van der Waals surface area contributed by atoms with Crippen LogP contribution in [-0.4, -0.2) is 5.91 Å². The van der Waals surface area contributed by atoms with E-state index in [0.717, 1.165) is 16.7 Å². The number of nitriles is 1. The number of benzene rings is 1.